The van der Waals surface area contributed by atoms with Crippen LogP contribution in [0.25, 0.3) is 0 Å². The Morgan fingerprint density at radius 1 is 1.29 bits per heavy atom. The van der Waals surface area contributed by atoms with Gasteiger partial charge >= 0.3 is 0 Å². The molecule has 1 atom stereocenters. The summed E-state index contributed by atoms with van der Waals surface area (Å²) in [5.74, 6) is 0.450. The topological polar surface area (TPSA) is 20.3 Å². The number of piperidine rings is 1. The molecule has 74 valence electrons. The summed E-state index contributed by atoms with van der Waals surface area (Å²) in [5, 5.41) is 0. The minimum atomic E-state index is 0.184. The SMILES string of the molecule is C[C@@H]1CCCN(c2ccccc2)C1=O. The molecule has 1 saturated heterocycles. The third-order valence-electron chi connectivity index (χ3n) is 2.77. The van der Waals surface area contributed by atoms with Gasteiger partial charge < -0.3 is 4.90 Å². The number of amides is 1. The highest BCUT2D eigenvalue weighted by Crippen LogP contribution is 2.23. The maximum Gasteiger partial charge on any atom is 0.229 e. The molecule has 0 aliphatic carbocycles. The van der Waals surface area contributed by atoms with Gasteiger partial charge in [-0.15, -0.1) is 0 Å². The number of hydrogen-bond donors (Lipinski definition) is 0. The zero-order valence-corrected chi connectivity index (χ0v) is 8.44. The third-order valence-corrected chi connectivity index (χ3v) is 2.77. The molecule has 0 saturated carbocycles. The van der Waals surface area contributed by atoms with Gasteiger partial charge in [0.2, 0.25) is 5.91 Å². The number of carbonyl (C=O) groups excluding carboxylic acids is 1. The number of anilines is 1. The van der Waals surface area contributed by atoms with Crippen LogP contribution in [-0.4, -0.2) is 12.5 Å². The first kappa shape index (κ1) is 9.25. The second kappa shape index (κ2) is 3.82. The highest BCUT2D eigenvalue weighted by atomic mass is 16.2. The molecular formula is C12H15NO. The molecule has 2 rings (SSSR count). The van der Waals surface area contributed by atoms with Crippen molar-refractivity contribution in [3.63, 3.8) is 0 Å². The summed E-state index contributed by atoms with van der Waals surface area (Å²) in [6.07, 6.45) is 2.14. The average Bonchev–Trinajstić information content (AvgIpc) is 2.23. The number of para-hydroxylation sites is 1. The van der Waals surface area contributed by atoms with Crippen LogP contribution in [0.2, 0.25) is 0 Å². The highest BCUT2D eigenvalue weighted by molar-refractivity contribution is 5.95. The Morgan fingerprint density at radius 2 is 2.00 bits per heavy atom. The molecular weight excluding hydrogens is 174 g/mol. The van der Waals surface area contributed by atoms with E-state index in [9.17, 15) is 4.79 Å². The van der Waals surface area contributed by atoms with Crippen LogP contribution in [0.3, 0.4) is 0 Å². The van der Waals surface area contributed by atoms with Crippen molar-refractivity contribution < 1.29 is 4.79 Å². The van der Waals surface area contributed by atoms with Crippen molar-refractivity contribution >= 4 is 11.6 Å². The summed E-state index contributed by atoms with van der Waals surface area (Å²) >= 11 is 0. The molecule has 0 aromatic heterocycles. The van der Waals surface area contributed by atoms with E-state index in [1.165, 1.54) is 0 Å². The lowest BCUT2D eigenvalue weighted by atomic mass is 9.99. The largest absolute Gasteiger partial charge is 0.312 e. The van der Waals surface area contributed by atoms with Crippen molar-refractivity contribution in [2.75, 3.05) is 11.4 Å². The van der Waals surface area contributed by atoms with E-state index >= 15 is 0 Å². The normalized spacial score (nSPS) is 22.5. The fourth-order valence-corrected chi connectivity index (χ4v) is 1.92. The lowest BCUT2D eigenvalue weighted by Crippen LogP contribution is -2.40. The second-order valence-electron chi connectivity index (χ2n) is 3.87. The predicted molar refractivity (Wildman–Crippen MR) is 57.2 cm³/mol. The molecule has 0 radical (unpaired) electrons. The van der Waals surface area contributed by atoms with Crippen LogP contribution in [0.1, 0.15) is 19.8 Å². The molecule has 0 spiro atoms. The number of hydrogen-bond acceptors (Lipinski definition) is 1. The molecule has 1 aliphatic heterocycles. The van der Waals surface area contributed by atoms with Crippen LogP contribution in [0.15, 0.2) is 30.3 Å². The Bertz CT molecular complexity index is 320. The van der Waals surface area contributed by atoms with Crippen LogP contribution < -0.4 is 4.90 Å². The number of rotatable bonds is 1. The Morgan fingerprint density at radius 3 is 2.71 bits per heavy atom. The van der Waals surface area contributed by atoms with Crippen LogP contribution in [-0.2, 0) is 4.79 Å². The summed E-state index contributed by atoms with van der Waals surface area (Å²) in [5.41, 5.74) is 1.03. The van der Waals surface area contributed by atoms with E-state index < -0.39 is 0 Å². The van der Waals surface area contributed by atoms with Crippen molar-refractivity contribution in [2.45, 2.75) is 19.8 Å². The lowest BCUT2D eigenvalue weighted by Gasteiger charge is -2.30. The van der Waals surface area contributed by atoms with Gasteiger partial charge in [0.1, 0.15) is 0 Å². The monoisotopic (exact) mass is 189 g/mol. The highest BCUT2D eigenvalue weighted by Gasteiger charge is 2.25. The fraction of sp³-hybridized carbons (Fsp3) is 0.417. The van der Waals surface area contributed by atoms with E-state index in [4.69, 9.17) is 0 Å². The van der Waals surface area contributed by atoms with Crippen LogP contribution >= 0.6 is 0 Å². The standard InChI is InChI=1S/C12H15NO/c1-10-6-5-9-13(12(10)14)11-7-3-2-4-8-11/h2-4,7-8,10H,5-6,9H2,1H3/t10-/m1/s1. The summed E-state index contributed by atoms with van der Waals surface area (Å²) in [7, 11) is 0. The van der Waals surface area contributed by atoms with Crippen molar-refractivity contribution in [3.05, 3.63) is 30.3 Å². The van der Waals surface area contributed by atoms with Crippen molar-refractivity contribution in [1.82, 2.24) is 0 Å². The lowest BCUT2D eigenvalue weighted by molar-refractivity contribution is -0.123. The number of benzene rings is 1. The minimum Gasteiger partial charge on any atom is -0.312 e. The van der Waals surface area contributed by atoms with E-state index in [0.29, 0.717) is 0 Å². The summed E-state index contributed by atoms with van der Waals surface area (Å²) in [6.45, 7) is 2.88. The van der Waals surface area contributed by atoms with Crippen LogP contribution in [0.4, 0.5) is 5.69 Å². The molecule has 1 fully saturated rings. The molecule has 1 amide bonds. The first-order valence-corrected chi connectivity index (χ1v) is 5.15. The number of carbonyl (C=O) groups is 1. The Kier molecular flexibility index (Phi) is 2.53. The van der Waals surface area contributed by atoms with Crippen LogP contribution in [0.5, 0.6) is 0 Å². The van der Waals surface area contributed by atoms with E-state index in [1.807, 2.05) is 42.2 Å². The van der Waals surface area contributed by atoms with Crippen LogP contribution in [0, 0.1) is 5.92 Å². The molecule has 1 heterocycles. The van der Waals surface area contributed by atoms with Crippen molar-refractivity contribution in [3.8, 4) is 0 Å². The maximum absolute atomic E-state index is 11.9. The average molecular weight is 189 g/mol. The Hall–Kier alpha value is -1.31. The number of nitrogens with zero attached hydrogens (tertiary/aromatic N) is 1. The zero-order valence-electron chi connectivity index (χ0n) is 8.44. The third kappa shape index (κ3) is 1.65. The van der Waals surface area contributed by atoms with Gasteiger partial charge in [0.15, 0.2) is 0 Å². The summed E-state index contributed by atoms with van der Waals surface area (Å²) in [4.78, 5) is 13.7. The van der Waals surface area contributed by atoms with Crippen molar-refractivity contribution in [1.29, 1.82) is 0 Å². The van der Waals surface area contributed by atoms with Gasteiger partial charge in [0, 0.05) is 18.2 Å². The maximum atomic E-state index is 11.9. The Labute approximate surface area is 84.5 Å². The first-order valence-electron chi connectivity index (χ1n) is 5.15. The molecule has 1 aliphatic rings. The van der Waals surface area contributed by atoms with E-state index in [-0.39, 0.29) is 11.8 Å². The fourth-order valence-electron chi connectivity index (χ4n) is 1.92. The van der Waals surface area contributed by atoms with Gasteiger partial charge in [-0.1, -0.05) is 25.1 Å². The van der Waals surface area contributed by atoms with Crippen molar-refractivity contribution in [2.24, 2.45) is 5.92 Å². The zero-order chi connectivity index (χ0) is 9.97. The molecule has 2 nitrogen and oxygen atoms in total. The van der Waals surface area contributed by atoms with Gasteiger partial charge in [-0.25, -0.2) is 0 Å². The molecule has 1 aromatic rings. The minimum absolute atomic E-state index is 0.184. The van der Waals surface area contributed by atoms with E-state index in [2.05, 4.69) is 0 Å². The first-order chi connectivity index (χ1) is 6.79. The smallest absolute Gasteiger partial charge is 0.229 e. The molecule has 14 heavy (non-hydrogen) atoms. The molecule has 0 unspecified atom stereocenters. The molecule has 0 bridgehead atoms. The molecule has 1 aromatic carbocycles. The van der Waals surface area contributed by atoms with Gasteiger partial charge in [-0.2, -0.15) is 0 Å². The van der Waals surface area contributed by atoms with Gasteiger partial charge in [0.05, 0.1) is 0 Å². The summed E-state index contributed by atoms with van der Waals surface area (Å²) in [6, 6.07) is 9.91. The van der Waals surface area contributed by atoms with E-state index in [1.54, 1.807) is 0 Å². The molecule has 0 N–H and O–H groups in total. The van der Waals surface area contributed by atoms with Gasteiger partial charge in [-0.05, 0) is 25.0 Å². The predicted octanol–water partition coefficient (Wildman–Crippen LogP) is 2.45. The quantitative estimate of drug-likeness (QED) is 0.664. The molecule has 2 heteroatoms. The second-order valence-corrected chi connectivity index (χ2v) is 3.87. The Balaban J connectivity index is 2.22. The summed E-state index contributed by atoms with van der Waals surface area (Å²) < 4.78 is 0. The van der Waals surface area contributed by atoms with Gasteiger partial charge in [-0.3, -0.25) is 4.79 Å². The van der Waals surface area contributed by atoms with E-state index in [0.717, 1.165) is 25.1 Å². The van der Waals surface area contributed by atoms with Gasteiger partial charge in [0.25, 0.3) is 0 Å².